The molecule has 0 aromatic heterocycles. The van der Waals surface area contributed by atoms with Crippen molar-refractivity contribution in [2.75, 3.05) is 36.2 Å². The van der Waals surface area contributed by atoms with Gasteiger partial charge in [0.15, 0.2) is 0 Å². The topological polar surface area (TPSA) is 108 Å². The number of likely N-dealkylation sites (tertiary alicyclic amines) is 1. The standard InChI is InChI=1S/C31H48N4O5S2/c1-31(2,3)40-30(38)35-22-41-19-27(35)29(37)33-26(21-42(39)20-24-12-8-5-9-13-24)28(36)32-25-14-16-34(17-15-25)18-23-10-6-4-7-11-23/h4,6-7,10-11,24-27H,5,8-9,12-22H2,1-3H3,(H,32,36)(H,33,37)/t26?,27-,42?/m0/s1. The lowest BCUT2D eigenvalue weighted by molar-refractivity contribution is -0.131. The molecule has 0 spiro atoms. The van der Waals surface area contributed by atoms with Gasteiger partial charge in [0.2, 0.25) is 11.8 Å². The largest absolute Gasteiger partial charge is 0.444 e. The first-order chi connectivity index (χ1) is 20.1. The van der Waals surface area contributed by atoms with E-state index in [1.165, 1.54) is 28.6 Å². The molecule has 0 radical (unpaired) electrons. The van der Waals surface area contributed by atoms with Crippen LogP contribution in [0.5, 0.6) is 0 Å². The zero-order valence-corrected chi connectivity index (χ0v) is 27.0. The number of nitrogens with zero attached hydrogens (tertiary/aromatic N) is 2. The van der Waals surface area contributed by atoms with E-state index >= 15 is 0 Å². The minimum Gasteiger partial charge on any atom is -0.444 e. The molecule has 3 atom stereocenters. The molecule has 0 bridgehead atoms. The molecule has 1 saturated carbocycles. The molecular weight excluding hydrogens is 572 g/mol. The molecule has 2 aliphatic heterocycles. The van der Waals surface area contributed by atoms with Gasteiger partial charge in [-0.15, -0.1) is 11.8 Å². The molecule has 2 N–H and O–H groups in total. The van der Waals surface area contributed by atoms with Crippen LogP contribution in [-0.2, 0) is 31.7 Å². The predicted molar refractivity (Wildman–Crippen MR) is 168 cm³/mol. The van der Waals surface area contributed by atoms with Gasteiger partial charge in [-0.2, -0.15) is 0 Å². The fourth-order valence-corrected chi connectivity index (χ4v) is 8.60. The van der Waals surface area contributed by atoms with E-state index in [1.807, 2.05) is 18.2 Å². The van der Waals surface area contributed by atoms with Gasteiger partial charge in [0.05, 0.1) is 11.6 Å². The van der Waals surface area contributed by atoms with Gasteiger partial charge in [-0.05, 0) is 57.9 Å². The van der Waals surface area contributed by atoms with Crippen molar-refractivity contribution >= 4 is 40.5 Å². The van der Waals surface area contributed by atoms with Crippen LogP contribution < -0.4 is 10.6 Å². The number of hydrogen-bond acceptors (Lipinski definition) is 7. The van der Waals surface area contributed by atoms with Crippen molar-refractivity contribution in [3.8, 4) is 0 Å². The number of thioether (sulfide) groups is 1. The first-order valence-electron chi connectivity index (χ1n) is 15.4. The summed E-state index contributed by atoms with van der Waals surface area (Å²) in [7, 11) is -1.25. The molecule has 2 heterocycles. The zero-order valence-electron chi connectivity index (χ0n) is 25.3. The van der Waals surface area contributed by atoms with Crippen LogP contribution in [0.2, 0.25) is 0 Å². The van der Waals surface area contributed by atoms with Crippen molar-refractivity contribution < 1.29 is 23.3 Å². The van der Waals surface area contributed by atoms with Gasteiger partial charge in [0, 0.05) is 48.0 Å². The average molecular weight is 621 g/mol. The van der Waals surface area contributed by atoms with Crippen LogP contribution in [0.3, 0.4) is 0 Å². The van der Waals surface area contributed by atoms with Gasteiger partial charge < -0.3 is 15.4 Å². The van der Waals surface area contributed by atoms with E-state index in [9.17, 15) is 18.6 Å². The highest BCUT2D eigenvalue weighted by Gasteiger charge is 2.39. The van der Waals surface area contributed by atoms with Gasteiger partial charge in [0.1, 0.15) is 17.7 Å². The molecule has 1 aromatic carbocycles. The number of benzene rings is 1. The molecule has 1 aliphatic carbocycles. The van der Waals surface area contributed by atoms with Crippen LogP contribution in [-0.4, -0.2) is 91.9 Å². The second kappa shape index (κ2) is 15.6. The highest BCUT2D eigenvalue weighted by Crippen LogP contribution is 2.26. The third-order valence-corrected chi connectivity index (χ3v) is 10.7. The van der Waals surface area contributed by atoms with E-state index in [-0.39, 0.29) is 17.7 Å². The Kier molecular flexibility index (Phi) is 12.2. The monoisotopic (exact) mass is 620 g/mol. The number of carbonyl (C=O) groups excluding carboxylic acids is 3. The number of rotatable bonds is 10. The lowest BCUT2D eigenvalue weighted by Crippen LogP contribution is -2.57. The molecule has 2 unspecified atom stereocenters. The van der Waals surface area contributed by atoms with Gasteiger partial charge in [-0.25, -0.2) is 4.79 Å². The fourth-order valence-electron chi connectivity index (χ4n) is 5.86. The Morgan fingerprint density at radius 2 is 1.74 bits per heavy atom. The van der Waals surface area contributed by atoms with E-state index in [1.54, 1.807) is 20.8 Å². The summed E-state index contributed by atoms with van der Waals surface area (Å²) in [5.74, 6) is 1.11. The minimum atomic E-state index is -1.25. The lowest BCUT2D eigenvalue weighted by Gasteiger charge is -2.33. The van der Waals surface area contributed by atoms with Crippen LogP contribution in [0, 0.1) is 5.92 Å². The van der Waals surface area contributed by atoms with Crippen LogP contribution in [0.15, 0.2) is 30.3 Å². The summed E-state index contributed by atoms with van der Waals surface area (Å²) in [6.07, 6.45) is 6.77. The molecule has 11 heteroatoms. The van der Waals surface area contributed by atoms with Crippen LogP contribution in [0.1, 0.15) is 71.3 Å². The molecule has 3 fully saturated rings. The van der Waals surface area contributed by atoms with E-state index in [0.717, 1.165) is 58.2 Å². The van der Waals surface area contributed by atoms with Crippen molar-refractivity contribution in [3.05, 3.63) is 35.9 Å². The molecule has 42 heavy (non-hydrogen) atoms. The molecule has 3 aliphatic rings. The van der Waals surface area contributed by atoms with Gasteiger partial charge in [0.25, 0.3) is 0 Å². The van der Waals surface area contributed by atoms with Crippen molar-refractivity contribution in [1.82, 2.24) is 20.4 Å². The predicted octanol–water partition coefficient (Wildman–Crippen LogP) is 3.89. The fraction of sp³-hybridized carbons (Fsp3) is 0.710. The molecule has 1 aromatic rings. The minimum absolute atomic E-state index is 0.00370. The van der Waals surface area contributed by atoms with Crippen molar-refractivity contribution in [3.63, 3.8) is 0 Å². The summed E-state index contributed by atoms with van der Waals surface area (Å²) in [6, 6.07) is 8.70. The Morgan fingerprint density at radius 1 is 1.05 bits per heavy atom. The van der Waals surface area contributed by atoms with E-state index < -0.39 is 40.5 Å². The van der Waals surface area contributed by atoms with Crippen molar-refractivity contribution in [2.24, 2.45) is 5.92 Å². The Labute approximate surface area is 257 Å². The quantitative estimate of drug-likeness (QED) is 0.409. The second-order valence-electron chi connectivity index (χ2n) is 12.8. The van der Waals surface area contributed by atoms with Crippen LogP contribution >= 0.6 is 11.8 Å². The van der Waals surface area contributed by atoms with E-state index in [0.29, 0.717) is 23.3 Å². The summed E-state index contributed by atoms with van der Waals surface area (Å²) in [4.78, 5) is 43.6. The number of hydrogen-bond donors (Lipinski definition) is 2. The molecule has 9 nitrogen and oxygen atoms in total. The van der Waals surface area contributed by atoms with Gasteiger partial charge >= 0.3 is 6.09 Å². The maximum atomic E-state index is 13.6. The number of ether oxygens (including phenoxy) is 1. The maximum absolute atomic E-state index is 13.6. The summed E-state index contributed by atoms with van der Waals surface area (Å²) in [5.41, 5.74) is 0.592. The van der Waals surface area contributed by atoms with Crippen LogP contribution in [0.25, 0.3) is 0 Å². The smallest absolute Gasteiger partial charge is 0.411 e. The lowest BCUT2D eigenvalue weighted by atomic mass is 9.91. The summed E-state index contributed by atoms with van der Waals surface area (Å²) < 4.78 is 18.8. The highest BCUT2D eigenvalue weighted by atomic mass is 32.2. The summed E-state index contributed by atoms with van der Waals surface area (Å²) in [5, 5.41) is 6.04. The number of piperidine rings is 1. The molecule has 2 saturated heterocycles. The van der Waals surface area contributed by atoms with E-state index in [2.05, 4.69) is 27.7 Å². The van der Waals surface area contributed by atoms with Gasteiger partial charge in [-0.1, -0.05) is 49.6 Å². The van der Waals surface area contributed by atoms with Gasteiger partial charge in [-0.3, -0.25) is 23.6 Å². The maximum Gasteiger partial charge on any atom is 0.411 e. The third-order valence-electron chi connectivity index (χ3n) is 8.13. The molecule has 4 rings (SSSR count). The zero-order chi connectivity index (χ0) is 30.1. The molecular formula is C31H48N4O5S2. The number of carbonyl (C=O) groups is 3. The second-order valence-corrected chi connectivity index (χ2v) is 15.4. The Balaban J connectivity index is 1.36. The Morgan fingerprint density at radius 3 is 2.40 bits per heavy atom. The number of amides is 3. The third kappa shape index (κ3) is 10.3. The first kappa shape index (κ1) is 32.8. The normalized spacial score (nSPS) is 22.4. The van der Waals surface area contributed by atoms with Crippen LogP contribution in [0.4, 0.5) is 4.79 Å². The molecule has 234 valence electrons. The highest BCUT2D eigenvalue weighted by molar-refractivity contribution is 7.99. The van der Waals surface area contributed by atoms with Crippen molar-refractivity contribution in [1.29, 1.82) is 0 Å². The SMILES string of the molecule is CC(C)(C)OC(=O)N1CSC[C@H]1C(=O)NC(CS(=O)CC1CCCCC1)C(=O)NC1CCN(Cc2ccccc2)CC1. The average Bonchev–Trinajstić information content (AvgIpc) is 3.45. The molecule has 3 amide bonds. The summed E-state index contributed by atoms with van der Waals surface area (Å²) in [6.45, 7) is 7.99. The number of nitrogens with one attached hydrogen (secondary N) is 2. The van der Waals surface area contributed by atoms with E-state index in [4.69, 9.17) is 4.74 Å². The Hall–Kier alpha value is -2.11. The van der Waals surface area contributed by atoms with Crippen molar-refractivity contribution in [2.45, 2.75) is 96.0 Å². The Bertz CT molecular complexity index is 1070. The first-order valence-corrected chi connectivity index (χ1v) is 18.0. The summed E-state index contributed by atoms with van der Waals surface area (Å²) >= 11 is 1.47.